The average Bonchev–Trinajstić information content (AvgIpc) is 2.35. The number of benzene rings is 1. The van der Waals surface area contributed by atoms with Gasteiger partial charge in [0.2, 0.25) is 10.0 Å². The molecule has 0 aromatic heterocycles. The minimum Gasteiger partial charge on any atom is -0.480 e. The number of aliphatic carboxylic acids is 1. The fourth-order valence-electron chi connectivity index (χ4n) is 1.33. The van der Waals surface area contributed by atoms with Gasteiger partial charge in [-0.25, -0.2) is 8.42 Å². The van der Waals surface area contributed by atoms with Crippen molar-refractivity contribution in [2.75, 3.05) is 0 Å². The maximum atomic E-state index is 11.9. The van der Waals surface area contributed by atoms with Crippen molar-refractivity contribution >= 4 is 21.7 Å². The molecule has 1 atom stereocenters. The van der Waals surface area contributed by atoms with E-state index in [-0.39, 0.29) is 17.0 Å². The SMILES string of the molecule is CC[C@H](NS(=O)(=O)c1cccc([N+](=O)[O-])c1)C(=O)O. The highest BCUT2D eigenvalue weighted by Gasteiger charge is 2.24. The van der Waals surface area contributed by atoms with Crippen LogP contribution in [0.3, 0.4) is 0 Å². The van der Waals surface area contributed by atoms with Crippen LogP contribution >= 0.6 is 0 Å². The second-order valence-electron chi connectivity index (χ2n) is 3.67. The van der Waals surface area contributed by atoms with Crippen molar-refractivity contribution in [2.24, 2.45) is 0 Å². The van der Waals surface area contributed by atoms with Crippen molar-refractivity contribution in [2.45, 2.75) is 24.3 Å². The Labute approximate surface area is 109 Å². The molecule has 0 radical (unpaired) electrons. The van der Waals surface area contributed by atoms with E-state index in [4.69, 9.17) is 5.11 Å². The number of carboxylic acids is 1. The first-order valence-corrected chi connectivity index (χ1v) is 6.76. The number of rotatable bonds is 6. The third-order valence-electron chi connectivity index (χ3n) is 2.34. The van der Waals surface area contributed by atoms with Crippen LogP contribution in [0.15, 0.2) is 29.2 Å². The monoisotopic (exact) mass is 288 g/mol. The van der Waals surface area contributed by atoms with Gasteiger partial charge >= 0.3 is 5.97 Å². The van der Waals surface area contributed by atoms with E-state index >= 15 is 0 Å². The van der Waals surface area contributed by atoms with Gasteiger partial charge in [0.1, 0.15) is 6.04 Å². The van der Waals surface area contributed by atoms with Crippen molar-refractivity contribution in [1.29, 1.82) is 0 Å². The third kappa shape index (κ3) is 3.73. The number of nitro groups is 1. The highest BCUT2D eigenvalue weighted by molar-refractivity contribution is 7.89. The number of carbonyl (C=O) groups is 1. The molecule has 0 saturated carbocycles. The molecule has 0 bridgehead atoms. The minimum atomic E-state index is -4.11. The fourth-order valence-corrected chi connectivity index (χ4v) is 2.64. The van der Waals surface area contributed by atoms with E-state index in [1.54, 1.807) is 0 Å². The van der Waals surface area contributed by atoms with Crippen LogP contribution in [0.5, 0.6) is 0 Å². The summed E-state index contributed by atoms with van der Waals surface area (Å²) in [6.07, 6.45) is 0.0590. The third-order valence-corrected chi connectivity index (χ3v) is 3.81. The van der Waals surface area contributed by atoms with Crippen molar-refractivity contribution < 1.29 is 23.2 Å². The zero-order chi connectivity index (χ0) is 14.6. The van der Waals surface area contributed by atoms with Gasteiger partial charge in [-0.3, -0.25) is 14.9 Å². The normalized spacial score (nSPS) is 12.9. The van der Waals surface area contributed by atoms with Crippen LogP contribution in [0, 0.1) is 10.1 Å². The number of nitro benzene ring substituents is 1. The Balaban J connectivity index is 3.10. The first kappa shape index (κ1) is 15.1. The Morgan fingerprint density at radius 3 is 2.63 bits per heavy atom. The number of nitrogens with one attached hydrogen (secondary N) is 1. The number of sulfonamides is 1. The number of carboxylic acid groups (broad SMARTS) is 1. The van der Waals surface area contributed by atoms with Gasteiger partial charge in [0, 0.05) is 12.1 Å². The average molecular weight is 288 g/mol. The van der Waals surface area contributed by atoms with E-state index < -0.39 is 27.0 Å². The number of hydrogen-bond donors (Lipinski definition) is 2. The summed E-state index contributed by atoms with van der Waals surface area (Å²) in [5.74, 6) is -1.31. The van der Waals surface area contributed by atoms with Crippen molar-refractivity contribution in [3.63, 3.8) is 0 Å². The summed E-state index contributed by atoms with van der Waals surface area (Å²) >= 11 is 0. The number of nitrogens with zero attached hydrogens (tertiary/aromatic N) is 1. The lowest BCUT2D eigenvalue weighted by atomic mass is 10.2. The lowest BCUT2D eigenvalue weighted by Gasteiger charge is -2.12. The summed E-state index contributed by atoms with van der Waals surface area (Å²) in [7, 11) is -4.11. The van der Waals surface area contributed by atoms with Crippen LogP contribution in [0.25, 0.3) is 0 Å². The van der Waals surface area contributed by atoms with Crippen molar-refractivity contribution in [3.05, 3.63) is 34.4 Å². The van der Waals surface area contributed by atoms with Gasteiger partial charge in [0.05, 0.1) is 9.82 Å². The summed E-state index contributed by atoms with van der Waals surface area (Å²) in [6.45, 7) is 1.51. The van der Waals surface area contributed by atoms with Crippen molar-refractivity contribution in [1.82, 2.24) is 4.72 Å². The van der Waals surface area contributed by atoms with Crippen LogP contribution in [-0.4, -0.2) is 30.5 Å². The van der Waals surface area contributed by atoms with Crippen LogP contribution < -0.4 is 4.72 Å². The molecule has 1 aromatic carbocycles. The minimum absolute atomic E-state index is 0.0590. The molecule has 0 amide bonds. The van der Waals surface area contributed by atoms with Gasteiger partial charge in [-0.05, 0) is 12.5 Å². The predicted octanol–water partition coefficient (Wildman–Crippen LogP) is 0.736. The van der Waals surface area contributed by atoms with Crippen molar-refractivity contribution in [3.8, 4) is 0 Å². The largest absolute Gasteiger partial charge is 0.480 e. The van der Waals surface area contributed by atoms with Crippen LogP contribution in [0.1, 0.15) is 13.3 Å². The van der Waals surface area contributed by atoms with E-state index in [0.29, 0.717) is 0 Å². The summed E-state index contributed by atoms with van der Waals surface area (Å²) in [5.41, 5.74) is -0.383. The van der Waals surface area contributed by atoms with Crippen LogP contribution in [0.4, 0.5) is 5.69 Å². The molecule has 0 aliphatic rings. The predicted molar refractivity (Wildman–Crippen MR) is 65.1 cm³/mol. The molecule has 104 valence electrons. The smallest absolute Gasteiger partial charge is 0.321 e. The molecular weight excluding hydrogens is 276 g/mol. The second-order valence-corrected chi connectivity index (χ2v) is 5.39. The summed E-state index contributed by atoms with van der Waals surface area (Å²) in [4.78, 5) is 20.3. The number of hydrogen-bond acceptors (Lipinski definition) is 5. The van der Waals surface area contributed by atoms with Gasteiger partial charge in [-0.1, -0.05) is 13.0 Å². The molecular formula is C10H12N2O6S. The Kier molecular flexibility index (Phi) is 4.57. The second kappa shape index (κ2) is 5.76. The first-order chi connectivity index (χ1) is 8.77. The van der Waals surface area contributed by atoms with Gasteiger partial charge in [-0.2, -0.15) is 4.72 Å². The number of non-ortho nitro benzene ring substituents is 1. The molecule has 1 rings (SSSR count). The highest BCUT2D eigenvalue weighted by atomic mass is 32.2. The van der Waals surface area contributed by atoms with Gasteiger partial charge in [0.15, 0.2) is 0 Å². The zero-order valence-electron chi connectivity index (χ0n) is 9.94. The maximum Gasteiger partial charge on any atom is 0.321 e. The topological polar surface area (TPSA) is 127 Å². The first-order valence-electron chi connectivity index (χ1n) is 5.27. The molecule has 9 heteroatoms. The molecule has 0 saturated heterocycles. The molecule has 0 heterocycles. The lowest BCUT2D eigenvalue weighted by molar-refractivity contribution is -0.385. The van der Waals surface area contributed by atoms with E-state index in [9.17, 15) is 23.3 Å². The standard InChI is InChI=1S/C10H12N2O6S/c1-2-9(10(13)14)11-19(17,18)8-5-3-4-7(6-8)12(15)16/h3-6,9,11H,2H2,1H3,(H,13,14)/t9-/m0/s1. The Hall–Kier alpha value is -2.00. The molecule has 0 fully saturated rings. The van der Waals surface area contributed by atoms with Crippen LogP contribution in [-0.2, 0) is 14.8 Å². The van der Waals surface area contributed by atoms with E-state index in [1.807, 2.05) is 4.72 Å². The summed E-state index contributed by atoms with van der Waals surface area (Å²) < 4.78 is 25.7. The molecule has 0 spiro atoms. The van der Waals surface area contributed by atoms with E-state index in [0.717, 1.165) is 18.2 Å². The summed E-state index contributed by atoms with van der Waals surface area (Å²) in [6, 6.07) is 3.12. The van der Waals surface area contributed by atoms with Gasteiger partial charge < -0.3 is 5.11 Å². The Morgan fingerprint density at radius 2 is 2.16 bits per heavy atom. The van der Waals surface area contributed by atoms with Gasteiger partial charge in [-0.15, -0.1) is 0 Å². The fraction of sp³-hybridized carbons (Fsp3) is 0.300. The molecule has 8 nitrogen and oxygen atoms in total. The quantitative estimate of drug-likeness (QED) is 0.587. The maximum absolute atomic E-state index is 11.9. The molecule has 2 N–H and O–H groups in total. The lowest BCUT2D eigenvalue weighted by Crippen LogP contribution is -2.40. The van der Waals surface area contributed by atoms with E-state index in [1.165, 1.54) is 13.0 Å². The van der Waals surface area contributed by atoms with Gasteiger partial charge in [0.25, 0.3) is 5.69 Å². The molecule has 1 aromatic rings. The van der Waals surface area contributed by atoms with E-state index in [2.05, 4.69) is 0 Å². The molecule has 0 unspecified atom stereocenters. The summed E-state index contributed by atoms with van der Waals surface area (Å²) in [5, 5.41) is 19.4. The molecule has 19 heavy (non-hydrogen) atoms. The highest BCUT2D eigenvalue weighted by Crippen LogP contribution is 2.17. The Morgan fingerprint density at radius 1 is 1.53 bits per heavy atom. The zero-order valence-corrected chi connectivity index (χ0v) is 10.8. The molecule has 0 aliphatic carbocycles. The molecule has 0 aliphatic heterocycles. The Bertz CT molecular complexity index is 598. The van der Waals surface area contributed by atoms with Crippen LogP contribution in [0.2, 0.25) is 0 Å².